The van der Waals surface area contributed by atoms with Crippen LogP contribution in [0, 0.1) is 11.8 Å². The normalized spacial score (nSPS) is 20.2. The number of amides is 1. The molecule has 6 nitrogen and oxygen atoms in total. The van der Waals surface area contributed by atoms with E-state index in [1.54, 1.807) is 12.1 Å². The van der Waals surface area contributed by atoms with E-state index in [-0.39, 0.29) is 17.9 Å². The monoisotopic (exact) mass is 375 g/mol. The highest BCUT2D eigenvalue weighted by molar-refractivity contribution is 5.97. The van der Waals surface area contributed by atoms with E-state index in [2.05, 4.69) is 0 Å². The minimum Gasteiger partial charge on any atom is -0.490 e. The van der Waals surface area contributed by atoms with E-state index in [4.69, 9.17) is 14.6 Å². The van der Waals surface area contributed by atoms with Crippen LogP contribution in [0.15, 0.2) is 24.3 Å². The Morgan fingerprint density at radius 2 is 1.92 bits per heavy atom. The summed E-state index contributed by atoms with van der Waals surface area (Å²) in [5, 5.41) is 9.06. The third-order valence-corrected chi connectivity index (χ3v) is 4.15. The number of likely N-dealkylation sites (tertiary alicyclic amines) is 1. The fraction of sp³-hybridized carbons (Fsp3) is 0.529. The molecule has 1 heterocycles. The van der Waals surface area contributed by atoms with Crippen molar-refractivity contribution in [1.82, 2.24) is 4.90 Å². The van der Waals surface area contributed by atoms with Crippen molar-refractivity contribution in [2.75, 3.05) is 32.9 Å². The summed E-state index contributed by atoms with van der Waals surface area (Å²) in [6.07, 6.45) is -4.69. The van der Waals surface area contributed by atoms with E-state index in [1.807, 2.05) is 6.92 Å². The fourth-order valence-electron chi connectivity index (χ4n) is 2.85. The maximum Gasteiger partial charge on any atom is 0.394 e. The lowest BCUT2D eigenvalue weighted by molar-refractivity contribution is -0.187. The summed E-state index contributed by atoms with van der Waals surface area (Å²) in [5.74, 6) is -5.79. The molecule has 144 valence electrons. The Morgan fingerprint density at radius 1 is 1.23 bits per heavy atom. The number of carbonyl (C=O) groups is 2. The van der Waals surface area contributed by atoms with Crippen LogP contribution in [-0.2, 0) is 9.53 Å². The molecule has 1 aromatic rings. The number of hydrogen-bond acceptors (Lipinski definition) is 4. The highest BCUT2D eigenvalue weighted by atomic mass is 19.4. The number of alkyl halides is 3. The van der Waals surface area contributed by atoms with Crippen molar-refractivity contribution in [1.29, 1.82) is 0 Å². The number of carbonyl (C=O) groups excluding carboxylic acids is 1. The first kappa shape index (κ1) is 20.0. The van der Waals surface area contributed by atoms with Gasteiger partial charge in [0.15, 0.2) is 0 Å². The van der Waals surface area contributed by atoms with E-state index in [9.17, 15) is 22.8 Å². The van der Waals surface area contributed by atoms with Crippen molar-refractivity contribution in [2.45, 2.75) is 13.1 Å². The molecule has 1 aliphatic heterocycles. The van der Waals surface area contributed by atoms with Gasteiger partial charge in [-0.1, -0.05) is 12.1 Å². The quantitative estimate of drug-likeness (QED) is 0.741. The van der Waals surface area contributed by atoms with Crippen LogP contribution in [0.2, 0.25) is 0 Å². The van der Waals surface area contributed by atoms with Gasteiger partial charge in [-0.15, -0.1) is 0 Å². The minimum absolute atomic E-state index is 0.0935. The Kier molecular flexibility index (Phi) is 6.47. The Balaban J connectivity index is 2.15. The zero-order valence-corrected chi connectivity index (χ0v) is 14.2. The Labute approximate surface area is 148 Å². The van der Waals surface area contributed by atoms with Gasteiger partial charge < -0.3 is 19.5 Å². The van der Waals surface area contributed by atoms with Crippen molar-refractivity contribution >= 4 is 11.9 Å². The molecule has 0 spiro atoms. The van der Waals surface area contributed by atoms with Crippen LogP contribution in [0.5, 0.6) is 5.75 Å². The minimum atomic E-state index is -4.69. The Hall–Kier alpha value is -2.29. The summed E-state index contributed by atoms with van der Waals surface area (Å²) in [5.41, 5.74) is 0.0935. The zero-order chi connectivity index (χ0) is 19.3. The van der Waals surface area contributed by atoms with Gasteiger partial charge in [0, 0.05) is 19.7 Å². The lowest BCUT2D eigenvalue weighted by atomic mass is 9.96. The predicted octanol–water partition coefficient (Wildman–Crippen LogP) is 2.44. The molecule has 1 fully saturated rings. The van der Waals surface area contributed by atoms with Crippen LogP contribution in [0.25, 0.3) is 0 Å². The molecular weight excluding hydrogens is 355 g/mol. The number of aliphatic carboxylic acids is 1. The number of nitrogens with zero attached hydrogens (tertiary/aromatic N) is 1. The molecule has 0 radical (unpaired) electrons. The van der Waals surface area contributed by atoms with Gasteiger partial charge in [-0.25, -0.2) is 0 Å². The standard InChI is InChI=1S/C17H20F3NO5/c1-2-25-7-8-26-14-6-4-3-5-11(14)15(22)21-9-12(16(23)24)13(10-21)17(18,19)20/h3-6,12-13H,2,7-10H2,1H3,(H,23,24)/t12-,13-/m1/s1. The van der Waals surface area contributed by atoms with Crippen LogP contribution < -0.4 is 4.74 Å². The molecular formula is C17H20F3NO5. The smallest absolute Gasteiger partial charge is 0.394 e. The third-order valence-electron chi connectivity index (χ3n) is 4.15. The topological polar surface area (TPSA) is 76.1 Å². The molecule has 0 bridgehead atoms. The second-order valence-electron chi connectivity index (χ2n) is 5.84. The summed E-state index contributed by atoms with van der Waals surface area (Å²) in [7, 11) is 0. The number of benzene rings is 1. The van der Waals surface area contributed by atoms with Crippen molar-refractivity contribution in [3.63, 3.8) is 0 Å². The van der Waals surface area contributed by atoms with Crippen molar-refractivity contribution in [3.8, 4) is 5.75 Å². The van der Waals surface area contributed by atoms with Crippen LogP contribution in [0.3, 0.4) is 0 Å². The predicted molar refractivity (Wildman–Crippen MR) is 85.0 cm³/mol. The average Bonchev–Trinajstić information content (AvgIpc) is 3.04. The third kappa shape index (κ3) is 4.66. The van der Waals surface area contributed by atoms with E-state index >= 15 is 0 Å². The number of carboxylic acids is 1. The van der Waals surface area contributed by atoms with Gasteiger partial charge in [-0.05, 0) is 19.1 Å². The Morgan fingerprint density at radius 3 is 2.50 bits per heavy atom. The summed E-state index contributed by atoms with van der Waals surface area (Å²) in [4.78, 5) is 24.7. The molecule has 26 heavy (non-hydrogen) atoms. The highest BCUT2D eigenvalue weighted by Crippen LogP contribution is 2.38. The molecule has 0 aromatic heterocycles. The second-order valence-corrected chi connectivity index (χ2v) is 5.84. The van der Waals surface area contributed by atoms with Gasteiger partial charge in [0.25, 0.3) is 5.91 Å². The van der Waals surface area contributed by atoms with E-state index < -0.39 is 43.0 Å². The average molecular weight is 375 g/mol. The number of halogens is 3. The first-order chi connectivity index (χ1) is 12.3. The first-order valence-electron chi connectivity index (χ1n) is 8.14. The number of para-hydroxylation sites is 1. The molecule has 0 aliphatic carbocycles. The van der Waals surface area contributed by atoms with E-state index in [0.29, 0.717) is 13.2 Å². The fourth-order valence-corrected chi connectivity index (χ4v) is 2.85. The van der Waals surface area contributed by atoms with E-state index in [0.717, 1.165) is 4.90 Å². The van der Waals surface area contributed by atoms with Gasteiger partial charge in [0.2, 0.25) is 0 Å². The molecule has 2 rings (SSSR count). The maximum atomic E-state index is 13.1. The summed E-state index contributed by atoms with van der Waals surface area (Å²) in [6.45, 7) is 1.63. The number of rotatable bonds is 7. The zero-order valence-electron chi connectivity index (χ0n) is 14.2. The van der Waals surface area contributed by atoms with Crippen molar-refractivity contribution in [2.24, 2.45) is 11.8 Å². The van der Waals surface area contributed by atoms with Crippen LogP contribution in [-0.4, -0.2) is 61.0 Å². The van der Waals surface area contributed by atoms with Gasteiger partial charge >= 0.3 is 12.1 Å². The maximum absolute atomic E-state index is 13.1. The van der Waals surface area contributed by atoms with Gasteiger partial charge in [-0.3, -0.25) is 9.59 Å². The molecule has 2 atom stereocenters. The molecule has 1 amide bonds. The van der Waals surface area contributed by atoms with E-state index in [1.165, 1.54) is 12.1 Å². The van der Waals surface area contributed by atoms with Gasteiger partial charge in [-0.2, -0.15) is 13.2 Å². The second kappa shape index (κ2) is 8.39. The number of carboxylic acid groups (broad SMARTS) is 1. The first-order valence-corrected chi connectivity index (χ1v) is 8.14. The van der Waals surface area contributed by atoms with Crippen LogP contribution in [0.1, 0.15) is 17.3 Å². The molecule has 0 unspecified atom stereocenters. The number of ether oxygens (including phenoxy) is 2. The largest absolute Gasteiger partial charge is 0.490 e. The molecule has 0 saturated carbocycles. The molecule has 1 aromatic carbocycles. The van der Waals surface area contributed by atoms with Crippen LogP contribution in [0.4, 0.5) is 13.2 Å². The van der Waals surface area contributed by atoms with Gasteiger partial charge in [0.1, 0.15) is 12.4 Å². The lowest BCUT2D eigenvalue weighted by Crippen LogP contribution is -2.34. The molecule has 9 heteroatoms. The molecule has 1 saturated heterocycles. The van der Waals surface area contributed by atoms with Crippen molar-refractivity contribution < 1.29 is 37.3 Å². The molecule has 1 N–H and O–H groups in total. The van der Waals surface area contributed by atoms with Gasteiger partial charge in [0.05, 0.1) is 24.0 Å². The van der Waals surface area contributed by atoms with Crippen LogP contribution >= 0.6 is 0 Å². The van der Waals surface area contributed by atoms with Crippen molar-refractivity contribution in [3.05, 3.63) is 29.8 Å². The SMILES string of the molecule is CCOCCOc1ccccc1C(=O)N1C[C@@H](C(F)(F)F)[C@H](C(=O)O)C1. The lowest BCUT2D eigenvalue weighted by Gasteiger charge is -2.19. The number of hydrogen-bond donors (Lipinski definition) is 1. The summed E-state index contributed by atoms with van der Waals surface area (Å²) in [6, 6.07) is 6.17. The molecule has 1 aliphatic rings. The Bertz CT molecular complexity index is 650. The highest BCUT2D eigenvalue weighted by Gasteiger charge is 2.53. The summed E-state index contributed by atoms with van der Waals surface area (Å²) < 4.78 is 49.9. The summed E-state index contributed by atoms with van der Waals surface area (Å²) >= 11 is 0.